The van der Waals surface area contributed by atoms with Gasteiger partial charge >= 0.3 is 0 Å². The fourth-order valence-corrected chi connectivity index (χ4v) is 3.79. The van der Waals surface area contributed by atoms with E-state index in [1.54, 1.807) is 11.1 Å². The van der Waals surface area contributed by atoms with Crippen molar-refractivity contribution in [3.05, 3.63) is 29.3 Å². The molecule has 1 N–H and O–H groups in total. The van der Waals surface area contributed by atoms with Crippen molar-refractivity contribution in [1.29, 1.82) is 0 Å². The SMILES string of the molecule is CNCC1C(c2ccc3c(c2)CCN3C)C1(C)C. The van der Waals surface area contributed by atoms with Gasteiger partial charge in [-0.2, -0.15) is 0 Å². The highest BCUT2D eigenvalue weighted by atomic mass is 15.1. The third-order valence-electron chi connectivity index (χ3n) is 5.06. The zero-order valence-corrected chi connectivity index (χ0v) is 12.0. The summed E-state index contributed by atoms with van der Waals surface area (Å²) in [5.41, 5.74) is 4.99. The summed E-state index contributed by atoms with van der Waals surface area (Å²) >= 11 is 0. The van der Waals surface area contributed by atoms with E-state index in [9.17, 15) is 0 Å². The molecule has 1 aromatic rings. The summed E-state index contributed by atoms with van der Waals surface area (Å²) in [4.78, 5) is 2.36. The summed E-state index contributed by atoms with van der Waals surface area (Å²) in [6.45, 7) is 7.11. The zero-order chi connectivity index (χ0) is 12.9. The molecule has 0 amide bonds. The molecule has 0 aromatic heterocycles. The van der Waals surface area contributed by atoms with Crippen molar-refractivity contribution in [3.63, 3.8) is 0 Å². The monoisotopic (exact) mass is 244 g/mol. The van der Waals surface area contributed by atoms with Gasteiger partial charge in [0.05, 0.1) is 0 Å². The van der Waals surface area contributed by atoms with Crippen LogP contribution in [0.4, 0.5) is 5.69 Å². The first-order valence-corrected chi connectivity index (χ1v) is 7.04. The maximum Gasteiger partial charge on any atom is 0.0397 e. The summed E-state index contributed by atoms with van der Waals surface area (Å²) in [5, 5.41) is 3.34. The lowest BCUT2D eigenvalue weighted by molar-refractivity contribution is 0.536. The molecular weight excluding hydrogens is 220 g/mol. The third-order valence-corrected chi connectivity index (χ3v) is 5.06. The number of fused-ring (bicyclic) bond motifs is 1. The van der Waals surface area contributed by atoms with Crippen molar-refractivity contribution >= 4 is 5.69 Å². The van der Waals surface area contributed by atoms with Crippen LogP contribution in [-0.2, 0) is 6.42 Å². The fourth-order valence-electron chi connectivity index (χ4n) is 3.79. The Kier molecular flexibility index (Phi) is 2.67. The van der Waals surface area contributed by atoms with Gasteiger partial charge < -0.3 is 10.2 Å². The highest BCUT2D eigenvalue weighted by molar-refractivity contribution is 5.59. The van der Waals surface area contributed by atoms with Crippen LogP contribution in [0.5, 0.6) is 0 Å². The first-order valence-electron chi connectivity index (χ1n) is 7.04. The molecule has 0 saturated heterocycles. The lowest BCUT2D eigenvalue weighted by Crippen LogP contribution is -2.12. The van der Waals surface area contributed by atoms with Gasteiger partial charge in [-0.1, -0.05) is 26.0 Å². The van der Waals surface area contributed by atoms with Gasteiger partial charge in [0.15, 0.2) is 0 Å². The van der Waals surface area contributed by atoms with Crippen molar-refractivity contribution in [1.82, 2.24) is 5.32 Å². The van der Waals surface area contributed by atoms with Crippen molar-refractivity contribution < 1.29 is 0 Å². The quantitative estimate of drug-likeness (QED) is 0.879. The van der Waals surface area contributed by atoms with E-state index >= 15 is 0 Å². The number of anilines is 1. The molecule has 2 unspecified atom stereocenters. The Morgan fingerprint density at radius 1 is 1.39 bits per heavy atom. The molecule has 2 nitrogen and oxygen atoms in total. The number of hydrogen-bond donors (Lipinski definition) is 1. The lowest BCUT2D eigenvalue weighted by Gasteiger charge is -2.12. The van der Waals surface area contributed by atoms with E-state index in [1.807, 2.05) is 0 Å². The molecule has 0 bridgehead atoms. The average molecular weight is 244 g/mol. The van der Waals surface area contributed by atoms with Crippen molar-refractivity contribution in [2.24, 2.45) is 11.3 Å². The molecule has 1 aromatic carbocycles. The first kappa shape index (κ1) is 12.0. The number of benzene rings is 1. The van der Waals surface area contributed by atoms with Crippen LogP contribution in [-0.4, -0.2) is 27.2 Å². The average Bonchev–Trinajstić information content (AvgIpc) is 2.68. The number of nitrogens with zero attached hydrogens (tertiary/aromatic N) is 1. The second-order valence-electron chi connectivity index (χ2n) is 6.52. The predicted molar refractivity (Wildman–Crippen MR) is 77.4 cm³/mol. The minimum absolute atomic E-state index is 0.460. The minimum atomic E-state index is 0.460. The van der Waals surface area contributed by atoms with E-state index in [4.69, 9.17) is 0 Å². The molecule has 2 aliphatic rings. The molecule has 1 aliphatic heterocycles. The fraction of sp³-hybridized carbons (Fsp3) is 0.625. The van der Waals surface area contributed by atoms with Crippen LogP contribution in [0.3, 0.4) is 0 Å². The Balaban J connectivity index is 1.87. The topological polar surface area (TPSA) is 15.3 Å². The van der Waals surface area contributed by atoms with Crippen molar-refractivity contribution in [3.8, 4) is 0 Å². The Morgan fingerprint density at radius 2 is 2.17 bits per heavy atom. The highest BCUT2D eigenvalue weighted by Crippen LogP contribution is 2.64. The second-order valence-corrected chi connectivity index (χ2v) is 6.52. The van der Waals surface area contributed by atoms with E-state index in [0.717, 1.165) is 18.4 Å². The van der Waals surface area contributed by atoms with E-state index in [2.05, 4.69) is 56.4 Å². The highest BCUT2D eigenvalue weighted by Gasteiger charge is 2.57. The summed E-state index contributed by atoms with van der Waals surface area (Å²) in [5.74, 6) is 1.53. The van der Waals surface area contributed by atoms with Crippen LogP contribution in [0.25, 0.3) is 0 Å². The van der Waals surface area contributed by atoms with E-state index in [0.29, 0.717) is 5.41 Å². The minimum Gasteiger partial charge on any atom is -0.374 e. The van der Waals surface area contributed by atoms with Gasteiger partial charge in [0.1, 0.15) is 0 Å². The van der Waals surface area contributed by atoms with Gasteiger partial charge in [0, 0.05) is 19.3 Å². The van der Waals surface area contributed by atoms with Crippen LogP contribution in [0.1, 0.15) is 30.9 Å². The normalized spacial score (nSPS) is 28.3. The van der Waals surface area contributed by atoms with E-state index < -0.39 is 0 Å². The smallest absolute Gasteiger partial charge is 0.0397 e. The summed E-state index contributed by atoms with van der Waals surface area (Å²) in [6, 6.07) is 7.13. The first-order chi connectivity index (χ1) is 8.55. The lowest BCUT2D eigenvalue weighted by atomic mass is 10.00. The summed E-state index contributed by atoms with van der Waals surface area (Å²) < 4.78 is 0. The molecule has 2 atom stereocenters. The molecule has 98 valence electrons. The van der Waals surface area contributed by atoms with Gasteiger partial charge in [-0.25, -0.2) is 0 Å². The molecule has 1 heterocycles. The molecule has 1 fully saturated rings. The Labute approximate surface area is 110 Å². The standard InChI is InChI=1S/C16H24N2/c1-16(2)13(10-17-3)15(16)12-5-6-14-11(9-12)7-8-18(14)4/h5-6,9,13,15,17H,7-8,10H2,1-4H3. The van der Waals surface area contributed by atoms with Crippen molar-refractivity contribution in [2.45, 2.75) is 26.2 Å². The number of hydrogen-bond acceptors (Lipinski definition) is 2. The molecule has 3 rings (SSSR count). The molecule has 2 heteroatoms. The van der Waals surface area contributed by atoms with Crippen LogP contribution in [0.15, 0.2) is 18.2 Å². The molecule has 18 heavy (non-hydrogen) atoms. The predicted octanol–water partition coefficient (Wildman–Crippen LogP) is 2.64. The van der Waals surface area contributed by atoms with Gasteiger partial charge in [0.25, 0.3) is 0 Å². The molecule has 1 saturated carbocycles. The Morgan fingerprint density at radius 3 is 2.89 bits per heavy atom. The molecular formula is C16H24N2. The van der Waals surface area contributed by atoms with Crippen molar-refractivity contribution in [2.75, 3.05) is 32.1 Å². The van der Waals surface area contributed by atoms with E-state index in [1.165, 1.54) is 18.7 Å². The molecule has 1 aliphatic carbocycles. The number of likely N-dealkylation sites (N-methyl/N-ethyl adjacent to an activating group) is 1. The molecule has 0 radical (unpaired) electrons. The maximum atomic E-state index is 3.34. The Bertz CT molecular complexity index is 464. The van der Waals surface area contributed by atoms with Gasteiger partial charge in [0.2, 0.25) is 0 Å². The van der Waals surface area contributed by atoms with Crippen LogP contribution in [0.2, 0.25) is 0 Å². The Hall–Kier alpha value is -1.02. The third kappa shape index (κ3) is 1.66. The van der Waals surface area contributed by atoms with Crippen LogP contribution >= 0.6 is 0 Å². The number of rotatable bonds is 3. The summed E-state index contributed by atoms with van der Waals surface area (Å²) in [6.07, 6.45) is 1.21. The second kappa shape index (κ2) is 3.99. The van der Waals surface area contributed by atoms with Crippen LogP contribution in [0, 0.1) is 11.3 Å². The zero-order valence-electron chi connectivity index (χ0n) is 12.0. The summed E-state index contributed by atoms with van der Waals surface area (Å²) in [7, 11) is 4.25. The number of nitrogens with one attached hydrogen (secondary N) is 1. The maximum absolute atomic E-state index is 3.34. The van der Waals surface area contributed by atoms with Crippen LogP contribution < -0.4 is 10.2 Å². The van der Waals surface area contributed by atoms with Gasteiger partial charge in [-0.05, 0) is 54.5 Å². The van der Waals surface area contributed by atoms with E-state index in [-0.39, 0.29) is 0 Å². The van der Waals surface area contributed by atoms with Gasteiger partial charge in [-0.15, -0.1) is 0 Å². The molecule has 0 spiro atoms. The van der Waals surface area contributed by atoms with Gasteiger partial charge in [-0.3, -0.25) is 0 Å². The largest absolute Gasteiger partial charge is 0.374 e.